The van der Waals surface area contributed by atoms with Gasteiger partial charge in [0.05, 0.1) is 26.1 Å². The molecular formula is C50H80FN8O7P. The van der Waals surface area contributed by atoms with Crippen LogP contribution < -0.4 is 5.32 Å². The number of allylic oxidation sites excluding steroid dienone is 2. The fourth-order valence-electron chi connectivity index (χ4n) is 10.0. The van der Waals surface area contributed by atoms with E-state index in [1.807, 2.05) is 66.2 Å². The molecule has 3 aliphatic rings. The number of ketones is 1. The van der Waals surface area contributed by atoms with Gasteiger partial charge in [0, 0.05) is 105 Å². The van der Waals surface area contributed by atoms with Gasteiger partial charge in [-0.2, -0.15) is 0 Å². The lowest BCUT2D eigenvalue weighted by Crippen LogP contribution is -2.60. The van der Waals surface area contributed by atoms with Gasteiger partial charge in [0.2, 0.25) is 17.7 Å². The number of hydrogen-bond acceptors (Lipinski definition) is 10. The average Bonchev–Trinajstić information content (AvgIpc) is 3.76. The Hall–Kier alpha value is -4.24. The molecule has 2 aliphatic heterocycles. The molecule has 2 fully saturated rings. The molecule has 2 saturated heterocycles. The first-order valence-electron chi connectivity index (χ1n) is 24.2. The summed E-state index contributed by atoms with van der Waals surface area (Å²) in [6, 6.07) is 9.30. The summed E-state index contributed by atoms with van der Waals surface area (Å²) >= 11 is 0. The quantitative estimate of drug-likeness (QED) is 0.0250. The maximum atomic E-state index is 17.2. The van der Waals surface area contributed by atoms with E-state index in [9.17, 15) is 28.9 Å². The SMILES string of the molecule is CCC(C)C(C1CC(N2CCCC2C(OC)C(C)(F)N[C@@H](Cc2ccccc2)P(O)CC(C)=O)=C1C)N(C)C(=O)C/N=C(\N(C)C)N1CCN(C(=O)CCCCCN(C)C(=O)/C=C\C=O)CC1. The number of piperazine rings is 1. The summed E-state index contributed by atoms with van der Waals surface area (Å²) in [5.74, 6) is -1.95. The summed E-state index contributed by atoms with van der Waals surface area (Å²) < 4.78 is 23.2. The van der Waals surface area contributed by atoms with Gasteiger partial charge in [-0.15, -0.1) is 0 Å². The summed E-state index contributed by atoms with van der Waals surface area (Å²) in [5, 5.41) is 3.13. The van der Waals surface area contributed by atoms with Gasteiger partial charge in [0.25, 0.3) is 0 Å². The number of aldehydes is 1. The minimum atomic E-state index is -2.02. The molecule has 2 heterocycles. The van der Waals surface area contributed by atoms with E-state index < -0.39 is 25.8 Å². The number of likely N-dealkylation sites (N-methyl/N-ethyl adjacent to an activating group) is 2. The highest BCUT2D eigenvalue weighted by molar-refractivity contribution is 7.53. The number of benzene rings is 1. The Morgan fingerprint density at radius 3 is 2.31 bits per heavy atom. The van der Waals surface area contributed by atoms with Crippen LogP contribution in [-0.2, 0) is 35.1 Å². The van der Waals surface area contributed by atoms with E-state index >= 15 is 4.39 Å². The Morgan fingerprint density at radius 2 is 1.72 bits per heavy atom. The standard InChI is InChI=1S/C50H80FN8O7P/c1-11-36(2)47(56(9)46(64)34-52-49(54(6)7)58-29-27-57(28-30-58)45(63)23-16-13-17-25-55(8)44(62)24-19-31-60)40-33-42(38(40)4)59-26-18-22-41(59)48(66-10)50(5,51)53-43(67(65)35-37(3)61)32-39-20-14-12-15-21-39/h12,14-15,19-21,24,31,36,40-41,43,47-48,53,65H,11,13,16-18,22-23,25-30,32-35H2,1-10H3/b24-19-,52-49+/t36?,40?,41?,43-,47?,48?,50?,67?/m1/s1. The number of ether oxygens (including phenoxy) is 1. The maximum Gasteiger partial charge on any atom is 0.246 e. The monoisotopic (exact) mass is 955 g/mol. The van der Waals surface area contributed by atoms with Crippen LogP contribution in [0.3, 0.4) is 0 Å². The molecule has 3 amide bonds. The van der Waals surface area contributed by atoms with Crippen LogP contribution >= 0.6 is 8.15 Å². The van der Waals surface area contributed by atoms with E-state index in [0.717, 1.165) is 57.1 Å². The second kappa shape index (κ2) is 26.5. The predicted octanol–water partition coefficient (Wildman–Crippen LogP) is 5.29. The summed E-state index contributed by atoms with van der Waals surface area (Å²) in [6.45, 7) is 13.1. The molecule has 8 atom stereocenters. The summed E-state index contributed by atoms with van der Waals surface area (Å²) in [4.78, 5) is 89.4. The molecule has 1 aliphatic carbocycles. The molecule has 0 aromatic heterocycles. The van der Waals surface area contributed by atoms with Crippen molar-refractivity contribution >= 4 is 43.9 Å². The first-order valence-corrected chi connectivity index (χ1v) is 25.7. The zero-order valence-corrected chi connectivity index (χ0v) is 42.9. The van der Waals surface area contributed by atoms with Gasteiger partial charge in [-0.1, -0.05) is 57.0 Å². The van der Waals surface area contributed by atoms with Crippen molar-refractivity contribution in [2.24, 2.45) is 16.8 Å². The lowest BCUT2D eigenvalue weighted by atomic mass is 9.71. The van der Waals surface area contributed by atoms with E-state index in [4.69, 9.17) is 9.73 Å². The number of nitrogens with one attached hydrogen (secondary N) is 1. The van der Waals surface area contributed by atoms with E-state index in [1.54, 1.807) is 11.9 Å². The molecule has 0 radical (unpaired) electrons. The van der Waals surface area contributed by atoms with E-state index in [0.29, 0.717) is 57.8 Å². The van der Waals surface area contributed by atoms with Crippen molar-refractivity contribution in [2.75, 3.05) is 87.3 Å². The summed E-state index contributed by atoms with van der Waals surface area (Å²) in [6.07, 6.45) is 8.54. The Morgan fingerprint density at radius 1 is 1.04 bits per heavy atom. The fraction of sp³-hybridized carbons (Fsp3) is 0.680. The van der Waals surface area contributed by atoms with Crippen molar-refractivity contribution in [1.29, 1.82) is 0 Å². The zero-order valence-electron chi connectivity index (χ0n) is 42.0. The number of unbranched alkanes of at least 4 members (excludes halogenated alkanes) is 2. The van der Waals surface area contributed by atoms with Crippen LogP contribution in [0.5, 0.6) is 0 Å². The van der Waals surface area contributed by atoms with Crippen molar-refractivity contribution in [3.05, 3.63) is 59.3 Å². The van der Waals surface area contributed by atoms with Crippen LogP contribution in [0.1, 0.15) is 91.5 Å². The lowest BCUT2D eigenvalue weighted by molar-refractivity contribution is -0.133. The Kier molecular flexibility index (Phi) is 21.9. The number of halogens is 1. The second-order valence-corrected chi connectivity index (χ2v) is 20.9. The number of guanidine groups is 1. The van der Waals surface area contributed by atoms with Crippen LogP contribution in [0.15, 0.2) is 58.7 Å². The van der Waals surface area contributed by atoms with Gasteiger partial charge in [0.15, 0.2) is 11.8 Å². The number of carbonyl (C=O) groups excluding carboxylic acids is 5. The number of likely N-dealkylation sites (tertiary alicyclic amines) is 1. The number of nitrogens with zero attached hydrogens (tertiary/aromatic N) is 7. The molecule has 4 rings (SSSR count). The minimum Gasteiger partial charge on any atom is -0.375 e. The number of methoxy groups -OCH3 is 1. The highest BCUT2D eigenvalue weighted by Gasteiger charge is 2.49. The Labute approximate surface area is 401 Å². The van der Waals surface area contributed by atoms with Crippen LogP contribution in [-0.4, -0.2) is 187 Å². The Balaban J connectivity index is 1.37. The van der Waals surface area contributed by atoms with Gasteiger partial charge in [-0.05, 0) is 82.4 Å². The highest BCUT2D eigenvalue weighted by atomic mass is 31.1. The van der Waals surface area contributed by atoms with Crippen molar-refractivity contribution in [2.45, 2.75) is 122 Å². The number of carbonyl (C=O) groups is 5. The smallest absolute Gasteiger partial charge is 0.246 e. The number of alkyl halides is 1. The summed E-state index contributed by atoms with van der Waals surface area (Å²) in [7, 11) is 7.12. The van der Waals surface area contributed by atoms with Crippen LogP contribution in [0.4, 0.5) is 4.39 Å². The molecule has 0 bridgehead atoms. The molecule has 17 heteroatoms. The van der Waals surface area contributed by atoms with E-state index in [2.05, 4.69) is 35.9 Å². The molecule has 1 aromatic carbocycles. The first kappa shape index (κ1) is 55.4. The van der Waals surface area contributed by atoms with Gasteiger partial charge in [0.1, 0.15) is 24.7 Å². The van der Waals surface area contributed by atoms with Crippen LogP contribution in [0.25, 0.3) is 0 Å². The third kappa shape index (κ3) is 15.4. The van der Waals surface area contributed by atoms with Crippen LogP contribution in [0, 0.1) is 11.8 Å². The number of amides is 3. The lowest BCUT2D eigenvalue weighted by Gasteiger charge is -2.49. The number of hydrogen-bond donors (Lipinski definition) is 2. The highest BCUT2D eigenvalue weighted by Crippen LogP contribution is 2.47. The first-order chi connectivity index (χ1) is 31.8. The van der Waals surface area contributed by atoms with Gasteiger partial charge < -0.3 is 39.0 Å². The third-order valence-corrected chi connectivity index (χ3v) is 15.7. The van der Waals surface area contributed by atoms with Gasteiger partial charge in [-0.25, -0.2) is 9.38 Å². The molecule has 67 heavy (non-hydrogen) atoms. The van der Waals surface area contributed by atoms with Gasteiger partial charge >= 0.3 is 0 Å². The minimum absolute atomic E-state index is 0.00783. The number of Topliss-reactive ketones (excluding diaryl/α,β-unsaturated/α-hetero) is 1. The molecule has 0 saturated carbocycles. The topological polar surface area (TPSA) is 159 Å². The van der Waals surface area contributed by atoms with Crippen molar-refractivity contribution in [3.63, 3.8) is 0 Å². The predicted molar refractivity (Wildman–Crippen MR) is 264 cm³/mol. The van der Waals surface area contributed by atoms with Crippen molar-refractivity contribution in [1.82, 2.24) is 34.7 Å². The normalized spacial score (nSPS) is 21.0. The third-order valence-electron chi connectivity index (χ3n) is 13.9. The molecule has 2 N–H and O–H groups in total. The van der Waals surface area contributed by atoms with Crippen LogP contribution in [0.2, 0.25) is 0 Å². The second-order valence-electron chi connectivity index (χ2n) is 19.0. The van der Waals surface area contributed by atoms with Gasteiger partial charge in [-0.3, -0.25) is 29.3 Å². The van der Waals surface area contributed by atoms with Crippen molar-refractivity contribution in [3.8, 4) is 0 Å². The van der Waals surface area contributed by atoms with Crippen molar-refractivity contribution < 1.29 is 38.0 Å². The molecule has 7 unspecified atom stereocenters. The molecule has 15 nitrogen and oxygen atoms in total. The molecule has 1 aromatic rings. The van der Waals surface area contributed by atoms with E-state index in [-0.39, 0.29) is 60.1 Å². The molecule has 374 valence electrons. The maximum absolute atomic E-state index is 17.2. The summed E-state index contributed by atoms with van der Waals surface area (Å²) in [5.41, 5.74) is 3.32. The zero-order chi connectivity index (χ0) is 49.4. The largest absolute Gasteiger partial charge is 0.375 e. The average molecular weight is 955 g/mol. The number of rotatable bonds is 25. The van der Waals surface area contributed by atoms with E-state index in [1.165, 1.54) is 44.4 Å². The molecule has 0 spiro atoms. The fourth-order valence-corrected chi connectivity index (χ4v) is 11.5. The molecular weight excluding hydrogens is 875 g/mol. The Bertz CT molecular complexity index is 1890. The number of aliphatic imine (C=N–C) groups is 1.